The van der Waals surface area contributed by atoms with Crippen LogP contribution < -0.4 is 0 Å². The minimum Gasteiger partial charge on any atom is -0.283 e. The fraction of sp³-hybridized carbons (Fsp3) is 0. The fourth-order valence-electron chi connectivity index (χ4n) is 1.20. The molecule has 0 aliphatic carbocycles. The first-order valence-electron chi connectivity index (χ1n) is 3.60. The lowest BCUT2D eigenvalue weighted by molar-refractivity contribution is -0.384. The molecule has 0 saturated carbocycles. The van der Waals surface area contributed by atoms with Crippen molar-refractivity contribution in [2.45, 2.75) is 0 Å². The summed E-state index contributed by atoms with van der Waals surface area (Å²) in [4.78, 5) is 10.1. The van der Waals surface area contributed by atoms with Crippen LogP contribution in [0.2, 0.25) is 0 Å². The van der Waals surface area contributed by atoms with Gasteiger partial charge in [-0.3, -0.25) is 13.7 Å². The largest absolute Gasteiger partial charge is 0.283 e. The van der Waals surface area contributed by atoms with Crippen molar-refractivity contribution in [2.24, 2.45) is 0 Å². The maximum Gasteiger partial charge on any atom is 0.271 e. The van der Waals surface area contributed by atoms with Gasteiger partial charge in [0.15, 0.2) is 0 Å². The van der Waals surface area contributed by atoms with E-state index in [9.17, 15) is 10.1 Å². The fourth-order valence-corrected chi connectivity index (χ4v) is 1.62. The van der Waals surface area contributed by atoms with Gasteiger partial charge in [0.1, 0.15) is 0 Å². The molecule has 0 radical (unpaired) electrons. The zero-order chi connectivity index (χ0) is 9.42. The third-order valence-corrected chi connectivity index (χ3v) is 2.46. The van der Waals surface area contributed by atoms with Crippen LogP contribution in [0.3, 0.4) is 0 Å². The first kappa shape index (κ1) is 8.25. The van der Waals surface area contributed by atoms with Gasteiger partial charge in [-0.25, -0.2) is 0 Å². The summed E-state index contributed by atoms with van der Waals surface area (Å²) in [5, 5.41) is 11.4. The van der Waals surface area contributed by atoms with Gasteiger partial charge in [0.2, 0.25) is 0 Å². The molecule has 66 valence electrons. The zero-order valence-corrected chi connectivity index (χ0v) is 8.06. The normalized spacial score (nSPS) is 10.5. The van der Waals surface area contributed by atoms with E-state index in [1.54, 1.807) is 15.9 Å². The summed E-state index contributed by atoms with van der Waals surface area (Å²) in [7, 11) is 0. The van der Waals surface area contributed by atoms with Crippen LogP contribution in [0.1, 0.15) is 0 Å². The average Bonchev–Trinajstić information content (AvgIpc) is 2.47. The van der Waals surface area contributed by atoms with Crippen LogP contribution in [0.5, 0.6) is 0 Å². The van der Waals surface area contributed by atoms with Gasteiger partial charge in [-0.1, -0.05) is 0 Å². The summed E-state index contributed by atoms with van der Waals surface area (Å²) >= 11 is 3.24. The van der Waals surface area contributed by atoms with E-state index < -0.39 is 4.92 Å². The van der Waals surface area contributed by atoms with Gasteiger partial charge in [-0.05, 0) is 12.1 Å². The second kappa shape index (κ2) is 2.85. The Bertz CT molecular complexity index is 478. The van der Waals surface area contributed by atoms with Gasteiger partial charge in [-0.2, -0.15) is 0 Å². The van der Waals surface area contributed by atoms with Gasteiger partial charge in [0.25, 0.3) is 5.69 Å². The monoisotopic (exact) mass is 240 g/mol. The molecule has 0 N–H and O–H groups in total. The number of non-ortho nitro benzene ring substituents is 1. The molecule has 0 amide bonds. The summed E-state index contributed by atoms with van der Waals surface area (Å²) in [5.74, 6) is 0. The van der Waals surface area contributed by atoms with E-state index in [2.05, 4.69) is 16.1 Å². The maximum absolute atomic E-state index is 10.5. The molecule has 0 atom stereocenters. The Morgan fingerprint density at radius 1 is 1.38 bits per heavy atom. The lowest BCUT2D eigenvalue weighted by Gasteiger charge is -1.93. The number of fused-ring (bicyclic) bond motifs is 1. The number of hydrogen-bond donors (Lipinski definition) is 0. The number of nitro groups is 1. The number of hydrogen-bond acceptors (Lipinski definition) is 2. The molecule has 1 heterocycles. The van der Waals surface area contributed by atoms with Crippen molar-refractivity contribution in [2.75, 3.05) is 0 Å². The number of rotatable bonds is 1. The standard InChI is InChI=1S/C8H5BrN2O2/c9-10-4-3-6-1-2-7(11(12)13)5-8(6)10/h1-5H. The molecule has 0 fully saturated rings. The van der Waals surface area contributed by atoms with E-state index in [1.807, 2.05) is 6.07 Å². The Morgan fingerprint density at radius 2 is 2.15 bits per heavy atom. The lowest BCUT2D eigenvalue weighted by Crippen LogP contribution is -1.87. The second-order valence-corrected chi connectivity index (χ2v) is 3.39. The van der Waals surface area contributed by atoms with Gasteiger partial charge >= 0.3 is 0 Å². The predicted octanol–water partition coefficient (Wildman–Crippen LogP) is 2.71. The minimum atomic E-state index is -0.403. The van der Waals surface area contributed by atoms with Gasteiger partial charge in [-0.15, -0.1) is 0 Å². The van der Waals surface area contributed by atoms with Crippen LogP contribution in [0, 0.1) is 10.1 Å². The summed E-state index contributed by atoms with van der Waals surface area (Å²) in [6.07, 6.45) is 1.80. The van der Waals surface area contributed by atoms with Crippen molar-refractivity contribution in [3.8, 4) is 0 Å². The molecule has 1 aromatic heterocycles. The minimum absolute atomic E-state index is 0.104. The van der Waals surface area contributed by atoms with Gasteiger partial charge in [0, 0.05) is 23.7 Å². The van der Waals surface area contributed by atoms with E-state index in [0.717, 1.165) is 10.9 Å². The summed E-state index contributed by atoms with van der Waals surface area (Å²) in [6, 6.07) is 6.64. The molecule has 1 aromatic carbocycles. The van der Waals surface area contributed by atoms with Crippen molar-refractivity contribution < 1.29 is 4.92 Å². The molecule has 0 saturated heterocycles. The Labute approximate surface area is 82.3 Å². The van der Waals surface area contributed by atoms with Crippen LogP contribution in [0.25, 0.3) is 10.9 Å². The smallest absolute Gasteiger partial charge is 0.271 e. The third-order valence-electron chi connectivity index (χ3n) is 1.84. The highest BCUT2D eigenvalue weighted by molar-refractivity contribution is 9.08. The summed E-state index contributed by atoms with van der Waals surface area (Å²) in [6.45, 7) is 0. The highest BCUT2D eigenvalue weighted by atomic mass is 79.9. The molecule has 13 heavy (non-hydrogen) atoms. The quantitative estimate of drug-likeness (QED) is 0.569. The van der Waals surface area contributed by atoms with Crippen LogP contribution in [-0.4, -0.2) is 8.52 Å². The zero-order valence-electron chi connectivity index (χ0n) is 6.48. The molecule has 0 aliphatic heterocycles. The van der Waals surface area contributed by atoms with Crippen LogP contribution in [0.4, 0.5) is 5.69 Å². The molecule has 0 aliphatic rings. The summed E-state index contributed by atoms with van der Waals surface area (Å²) < 4.78 is 1.68. The van der Waals surface area contributed by atoms with Crippen LogP contribution >= 0.6 is 16.1 Å². The van der Waals surface area contributed by atoms with Gasteiger partial charge < -0.3 is 0 Å². The lowest BCUT2D eigenvalue weighted by atomic mass is 10.2. The van der Waals surface area contributed by atoms with Crippen molar-refractivity contribution in [3.63, 3.8) is 0 Å². The highest BCUT2D eigenvalue weighted by Crippen LogP contribution is 2.22. The van der Waals surface area contributed by atoms with Gasteiger partial charge in [0.05, 0.1) is 26.6 Å². The van der Waals surface area contributed by atoms with Crippen molar-refractivity contribution in [1.29, 1.82) is 0 Å². The van der Waals surface area contributed by atoms with Crippen molar-refractivity contribution >= 4 is 32.7 Å². The number of aromatic nitrogens is 1. The Balaban J connectivity index is 2.72. The number of nitro benzene ring substituents is 1. The summed E-state index contributed by atoms with van der Waals surface area (Å²) in [5.41, 5.74) is 0.904. The SMILES string of the molecule is O=[N+]([O-])c1ccc2ccn(Br)c2c1. The molecule has 0 spiro atoms. The van der Waals surface area contributed by atoms with E-state index in [1.165, 1.54) is 12.1 Å². The molecular formula is C8H5BrN2O2. The molecule has 4 nitrogen and oxygen atoms in total. The average molecular weight is 241 g/mol. The first-order chi connectivity index (χ1) is 6.18. The molecule has 2 aromatic rings. The molecule has 0 bridgehead atoms. The number of halogens is 1. The molecule has 0 unspecified atom stereocenters. The second-order valence-electron chi connectivity index (χ2n) is 2.63. The molecular weight excluding hydrogens is 236 g/mol. The highest BCUT2D eigenvalue weighted by Gasteiger charge is 2.07. The van der Waals surface area contributed by atoms with Crippen LogP contribution in [0.15, 0.2) is 30.5 Å². The number of benzene rings is 1. The Kier molecular flexibility index (Phi) is 1.81. The van der Waals surface area contributed by atoms with E-state index in [0.29, 0.717) is 0 Å². The van der Waals surface area contributed by atoms with Crippen molar-refractivity contribution in [1.82, 2.24) is 3.59 Å². The van der Waals surface area contributed by atoms with Crippen molar-refractivity contribution in [3.05, 3.63) is 40.6 Å². The predicted molar refractivity (Wildman–Crippen MR) is 52.9 cm³/mol. The van der Waals surface area contributed by atoms with E-state index >= 15 is 0 Å². The number of nitrogens with zero attached hydrogens (tertiary/aromatic N) is 2. The Hall–Kier alpha value is -1.36. The van der Waals surface area contributed by atoms with E-state index in [-0.39, 0.29) is 5.69 Å². The van der Waals surface area contributed by atoms with E-state index in [4.69, 9.17) is 0 Å². The topological polar surface area (TPSA) is 48.1 Å². The first-order valence-corrected chi connectivity index (χ1v) is 4.31. The maximum atomic E-state index is 10.5. The Morgan fingerprint density at radius 3 is 2.85 bits per heavy atom. The third kappa shape index (κ3) is 1.31. The van der Waals surface area contributed by atoms with Crippen LogP contribution in [-0.2, 0) is 0 Å². The molecule has 2 rings (SSSR count). The molecule has 5 heteroatoms.